The van der Waals surface area contributed by atoms with Crippen molar-refractivity contribution in [1.82, 2.24) is 5.32 Å². The molecule has 1 aliphatic carbocycles. The van der Waals surface area contributed by atoms with Gasteiger partial charge in [0.25, 0.3) is 0 Å². The summed E-state index contributed by atoms with van der Waals surface area (Å²) in [5.74, 6) is 0.851. The van der Waals surface area contributed by atoms with Crippen molar-refractivity contribution in [3.63, 3.8) is 0 Å². The first kappa shape index (κ1) is 15.5. The van der Waals surface area contributed by atoms with E-state index in [1.54, 1.807) is 0 Å². The van der Waals surface area contributed by atoms with E-state index in [1.807, 2.05) is 0 Å². The summed E-state index contributed by atoms with van der Waals surface area (Å²) in [6.07, 6.45) is 6.69. The van der Waals surface area contributed by atoms with E-state index >= 15 is 0 Å². The van der Waals surface area contributed by atoms with Gasteiger partial charge in [0.1, 0.15) is 0 Å². The quantitative estimate of drug-likeness (QED) is 0.740. The third kappa shape index (κ3) is 4.92. The zero-order valence-corrected chi connectivity index (χ0v) is 13.0. The second kappa shape index (κ2) is 8.43. The molecule has 2 heteroatoms. The van der Waals surface area contributed by atoms with Crippen LogP contribution in [0.15, 0.2) is 30.3 Å². The zero-order valence-electron chi connectivity index (χ0n) is 13.0. The van der Waals surface area contributed by atoms with Crippen molar-refractivity contribution in [2.75, 3.05) is 13.2 Å². The van der Waals surface area contributed by atoms with Crippen LogP contribution < -0.4 is 5.32 Å². The van der Waals surface area contributed by atoms with Crippen LogP contribution in [0.3, 0.4) is 0 Å². The van der Waals surface area contributed by atoms with Gasteiger partial charge in [0, 0.05) is 12.6 Å². The number of hydrogen-bond donors (Lipinski definition) is 1. The lowest BCUT2D eigenvalue weighted by molar-refractivity contribution is -0.0290. The highest BCUT2D eigenvalue weighted by molar-refractivity contribution is 5.16. The van der Waals surface area contributed by atoms with Crippen LogP contribution in [0.25, 0.3) is 0 Å². The summed E-state index contributed by atoms with van der Waals surface area (Å²) in [7, 11) is 0. The minimum Gasteiger partial charge on any atom is -0.378 e. The molecule has 1 aliphatic rings. The average molecular weight is 275 g/mol. The third-order valence-corrected chi connectivity index (χ3v) is 4.22. The maximum absolute atomic E-state index is 5.67. The van der Waals surface area contributed by atoms with E-state index in [4.69, 9.17) is 4.74 Å². The fourth-order valence-corrected chi connectivity index (χ4v) is 3.13. The van der Waals surface area contributed by atoms with Gasteiger partial charge in [-0.15, -0.1) is 0 Å². The molecular formula is C18H29NO. The fraction of sp³-hybridized carbons (Fsp3) is 0.667. The van der Waals surface area contributed by atoms with Gasteiger partial charge < -0.3 is 10.1 Å². The Morgan fingerprint density at radius 2 is 1.95 bits per heavy atom. The molecule has 0 radical (unpaired) electrons. The molecule has 1 unspecified atom stereocenters. The van der Waals surface area contributed by atoms with E-state index < -0.39 is 0 Å². The van der Waals surface area contributed by atoms with Gasteiger partial charge in [-0.25, -0.2) is 0 Å². The number of nitrogens with one attached hydrogen (secondary N) is 1. The minimum absolute atomic E-state index is 0.536. The van der Waals surface area contributed by atoms with Crippen molar-refractivity contribution in [3.05, 3.63) is 35.9 Å². The normalized spacial score (nSPS) is 23.3. The molecule has 112 valence electrons. The van der Waals surface area contributed by atoms with Crippen LogP contribution in [0.5, 0.6) is 0 Å². The highest BCUT2D eigenvalue weighted by Gasteiger charge is 2.31. The highest BCUT2D eigenvalue weighted by atomic mass is 16.5. The SMILES string of the molecule is CCCNC(Cc1ccccc1)CC1CC(OCC)C1. The van der Waals surface area contributed by atoms with Crippen molar-refractivity contribution < 1.29 is 4.74 Å². The Hall–Kier alpha value is -0.860. The molecule has 1 aromatic rings. The molecular weight excluding hydrogens is 246 g/mol. The van der Waals surface area contributed by atoms with Crippen LogP contribution in [0, 0.1) is 5.92 Å². The van der Waals surface area contributed by atoms with Crippen molar-refractivity contribution >= 4 is 0 Å². The molecule has 1 saturated carbocycles. The Morgan fingerprint density at radius 3 is 2.60 bits per heavy atom. The average Bonchev–Trinajstić information content (AvgIpc) is 2.43. The number of ether oxygens (including phenoxy) is 1. The number of rotatable bonds is 9. The zero-order chi connectivity index (χ0) is 14.2. The molecule has 0 saturated heterocycles. The van der Waals surface area contributed by atoms with Gasteiger partial charge in [0.2, 0.25) is 0 Å². The molecule has 20 heavy (non-hydrogen) atoms. The van der Waals surface area contributed by atoms with Crippen LogP contribution in [-0.2, 0) is 11.2 Å². The second-order valence-electron chi connectivity index (χ2n) is 5.99. The molecule has 1 fully saturated rings. The molecule has 1 N–H and O–H groups in total. The predicted molar refractivity (Wildman–Crippen MR) is 85.0 cm³/mol. The molecule has 1 aromatic carbocycles. The summed E-state index contributed by atoms with van der Waals surface area (Å²) < 4.78 is 5.67. The highest BCUT2D eigenvalue weighted by Crippen LogP contribution is 2.34. The van der Waals surface area contributed by atoms with Crippen LogP contribution in [0.1, 0.15) is 45.1 Å². The molecule has 0 heterocycles. The maximum Gasteiger partial charge on any atom is 0.0580 e. The second-order valence-corrected chi connectivity index (χ2v) is 5.99. The Labute approximate surface area is 123 Å². The topological polar surface area (TPSA) is 21.3 Å². The number of hydrogen-bond acceptors (Lipinski definition) is 2. The van der Waals surface area contributed by atoms with Crippen molar-refractivity contribution in [1.29, 1.82) is 0 Å². The van der Waals surface area contributed by atoms with Gasteiger partial charge in [-0.2, -0.15) is 0 Å². The summed E-state index contributed by atoms with van der Waals surface area (Å²) >= 11 is 0. The van der Waals surface area contributed by atoms with E-state index in [9.17, 15) is 0 Å². The van der Waals surface area contributed by atoms with E-state index in [0.29, 0.717) is 12.1 Å². The summed E-state index contributed by atoms with van der Waals surface area (Å²) in [4.78, 5) is 0. The first-order chi connectivity index (χ1) is 9.81. The molecule has 0 bridgehead atoms. The first-order valence-electron chi connectivity index (χ1n) is 8.20. The Morgan fingerprint density at radius 1 is 1.20 bits per heavy atom. The van der Waals surface area contributed by atoms with Crippen LogP contribution in [0.4, 0.5) is 0 Å². The van der Waals surface area contributed by atoms with Crippen LogP contribution in [0.2, 0.25) is 0 Å². The van der Waals surface area contributed by atoms with Crippen molar-refractivity contribution in [2.24, 2.45) is 5.92 Å². The molecule has 0 spiro atoms. The van der Waals surface area contributed by atoms with Gasteiger partial charge in [0.15, 0.2) is 0 Å². The first-order valence-corrected chi connectivity index (χ1v) is 8.20. The maximum atomic E-state index is 5.67. The summed E-state index contributed by atoms with van der Waals surface area (Å²) in [5.41, 5.74) is 1.45. The lowest BCUT2D eigenvalue weighted by Gasteiger charge is -2.37. The summed E-state index contributed by atoms with van der Waals surface area (Å²) in [6, 6.07) is 11.5. The molecule has 2 nitrogen and oxygen atoms in total. The van der Waals surface area contributed by atoms with E-state index in [0.717, 1.165) is 25.5 Å². The Bertz CT molecular complexity index is 359. The van der Waals surface area contributed by atoms with Crippen LogP contribution in [-0.4, -0.2) is 25.3 Å². The van der Waals surface area contributed by atoms with E-state index in [2.05, 4.69) is 49.5 Å². The molecule has 0 aliphatic heterocycles. The molecule has 0 aromatic heterocycles. The standard InChI is InChI=1S/C18H29NO/c1-3-10-19-17(11-15-8-6-5-7-9-15)12-16-13-18(14-16)20-4-2/h5-9,16-19H,3-4,10-14H2,1-2H3. The van der Waals surface area contributed by atoms with Gasteiger partial charge in [-0.1, -0.05) is 37.3 Å². The van der Waals surface area contributed by atoms with Crippen molar-refractivity contribution in [3.8, 4) is 0 Å². The summed E-state index contributed by atoms with van der Waals surface area (Å²) in [5, 5.41) is 3.72. The summed E-state index contributed by atoms with van der Waals surface area (Å²) in [6.45, 7) is 6.31. The Kier molecular flexibility index (Phi) is 6.55. The van der Waals surface area contributed by atoms with Gasteiger partial charge in [-0.3, -0.25) is 0 Å². The Balaban J connectivity index is 1.79. The minimum atomic E-state index is 0.536. The lowest BCUT2D eigenvalue weighted by Crippen LogP contribution is -2.39. The lowest BCUT2D eigenvalue weighted by atomic mass is 9.77. The third-order valence-electron chi connectivity index (χ3n) is 4.22. The predicted octanol–water partition coefficient (Wildman–Crippen LogP) is 3.80. The van der Waals surface area contributed by atoms with Crippen molar-refractivity contribution in [2.45, 2.75) is 58.1 Å². The van der Waals surface area contributed by atoms with Gasteiger partial charge >= 0.3 is 0 Å². The van der Waals surface area contributed by atoms with Gasteiger partial charge in [-0.05, 0) is 57.1 Å². The number of benzene rings is 1. The van der Waals surface area contributed by atoms with E-state index in [-0.39, 0.29) is 0 Å². The molecule has 0 amide bonds. The smallest absolute Gasteiger partial charge is 0.0580 e. The van der Waals surface area contributed by atoms with E-state index in [1.165, 1.54) is 31.2 Å². The largest absolute Gasteiger partial charge is 0.378 e. The monoisotopic (exact) mass is 275 g/mol. The molecule has 2 rings (SSSR count). The van der Waals surface area contributed by atoms with Crippen LogP contribution >= 0.6 is 0 Å². The van der Waals surface area contributed by atoms with Gasteiger partial charge in [0.05, 0.1) is 6.10 Å². The molecule has 1 atom stereocenters. The fourth-order valence-electron chi connectivity index (χ4n) is 3.13.